The lowest BCUT2D eigenvalue weighted by Crippen LogP contribution is -2.22. The number of ether oxygens (including phenoxy) is 1. The number of amides is 1. The molecule has 82 valence electrons. The first-order valence-electron chi connectivity index (χ1n) is 4.69. The molecular formula is C11H15NO3. The molecule has 1 rings (SSSR count). The summed E-state index contributed by atoms with van der Waals surface area (Å²) in [6.45, 7) is 3.64. The van der Waals surface area contributed by atoms with Crippen LogP contribution in [0.15, 0.2) is 12.1 Å². The maximum Gasteiger partial charge on any atom is 0.412 e. The quantitative estimate of drug-likeness (QED) is 0.776. The summed E-state index contributed by atoms with van der Waals surface area (Å²) in [5.74, 6) is 0.485. The minimum absolute atomic E-state index is 0.0579. The first-order valence-corrected chi connectivity index (χ1v) is 4.69. The average Bonchev–Trinajstić information content (AvgIpc) is 2.22. The molecule has 0 aromatic heterocycles. The molecule has 0 spiro atoms. The summed E-state index contributed by atoms with van der Waals surface area (Å²) in [4.78, 5) is 11.0. The van der Waals surface area contributed by atoms with Gasteiger partial charge in [-0.3, -0.25) is 0 Å². The Morgan fingerprint density at radius 3 is 2.67 bits per heavy atom. The Morgan fingerprint density at radius 1 is 1.47 bits per heavy atom. The molecule has 1 aromatic rings. The number of rotatable bonds is 2. The molecule has 4 nitrogen and oxygen atoms in total. The molecule has 0 aliphatic rings. The van der Waals surface area contributed by atoms with Gasteiger partial charge >= 0.3 is 6.09 Å². The van der Waals surface area contributed by atoms with E-state index >= 15 is 0 Å². The summed E-state index contributed by atoms with van der Waals surface area (Å²) < 4.78 is 5.06. The standard InChI is InChI=1S/C11H15NO3/c1-7-4-9(6-13)8(2)10(5-7)15-11(14)12-3/h4-5,13H,6H2,1-3H3,(H,12,14). The van der Waals surface area contributed by atoms with Gasteiger partial charge in [-0.15, -0.1) is 0 Å². The van der Waals surface area contributed by atoms with Crippen molar-refractivity contribution in [2.45, 2.75) is 20.5 Å². The first-order chi connectivity index (χ1) is 7.08. The third-order valence-corrected chi connectivity index (χ3v) is 2.19. The van der Waals surface area contributed by atoms with Gasteiger partial charge in [0.05, 0.1) is 6.61 Å². The van der Waals surface area contributed by atoms with E-state index in [2.05, 4.69) is 5.32 Å². The SMILES string of the molecule is CNC(=O)Oc1cc(C)cc(CO)c1C. The third kappa shape index (κ3) is 2.70. The number of hydrogen-bond donors (Lipinski definition) is 2. The topological polar surface area (TPSA) is 58.6 Å². The van der Waals surface area contributed by atoms with E-state index in [0.717, 1.165) is 16.7 Å². The summed E-state index contributed by atoms with van der Waals surface area (Å²) >= 11 is 0. The highest BCUT2D eigenvalue weighted by Gasteiger charge is 2.09. The predicted molar refractivity (Wildman–Crippen MR) is 56.9 cm³/mol. The molecule has 1 aromatic carbocycles. The van der Waals surface area contributed by atoms with Crippen molar-refractivity contribution in [2.75, 3.05) is 7.05 Å². The molecular weight excluding hydrogens is 194 g/mol. The van der Waals surface area contributed by atoms with Crippen LogP contribution in [0.25, 0.3) is 0 Å². The molecule has 15 heavy (non-hydrogen) atoms. The second-order valence-corrected chi connectivity index (χ2v) is 3.34. The van der Waals surface area contributed by atoms with Crippen molar-refractivity contribution >= 4 is 6.09 Å². The first kappa shape index (κ1) is 11.5. The van der Waals surface area contributed by atoms with Gasteiger partial charge in [0.2, 0.25) is 0 Å². The van der Waals surface area contributed by atoms with E-state index in [9.17, 15) is 4.79 Å². The molecule has 2 N–H and O–H groups in total. The van der Waals surface area contributed by atoms with Crippen molar-refractivity contribution in [1.29, 1.82) is 0 Å². The van der Waals surface area contributed by atoms with Crippen LogP contribution in [0, 0.1) is 13.8 Å². The van der Waals surface area contributed by atoms with Gasteiger partial charge in [-0.25, -0.2) is 4.79 Å². The lowest BCUT2D eigenvalue weighted by molar-refractivity contribution is 0.202. The van der Waals surface area contributed by atoms with Gasteiger partial charge in [0, 0.05) is 7.05 Å². The van der Waals surface area contributed by atoms with Crippen LogP contribution in [0.3, 0.4) is 0 Å². The molecule has 0 fully saturated rings. The Labute approximate surface area is 88.9 Å². The number of aryl methyl sites for hydroxylation is 1. The van der Waals surface area contributed by atoms with Crippen LogP contribution in [0.4, 0.5) is 4.79 Å². The van der Waals surface area contributed by atoms with E-state index < -0.39 is 6.09 Å². The highest BCUT2D eigenvalue weighted by Crippen LogP contribution is 2.23. The molecule has 0 saturated carbocycles. The molecule has 0 bridgehead atoms. The van der Waals surface area contributed by atoms with Crippen LogP contribution < -0.4 is 10.1 Å². The Balaban J connectivity index is 3.06. The molecule has 1 amide bonds. The molecule has 0 aliphatic carbocycles. The zero-order valence-corrected chi connectivity index (χ0v) is 9.13. The van der Waals surface area contributed by atoms with Crippen LogP contribution in [0.5, 0.6) is 5.75 Å². The number of hydrogen-bond acceptors (Lipinski definition) is 3. The highest BCUT2D eigenvalue weighted by molar-refractivity contribution is 5.70. The van der Waals surface area contributed by atoms with Gasteiger partial charge in [-0.2, -0.15) is 0 Å². The van der Waals surface area contributed by atoms with Crippen LogP contribution in [0.1, 0.15) is 16.7 Å². The van der Waals surface area contributed by atoms with Crippen molar-refractivity contribution in [3.63, 3.8) is 0 Å². The summed E-state index contributed by atoms with van der Waals surface area (Å²) in [5.41, 5.74) is 2.50. The summed E-state index contributed by atoms with van der Waals surface area (Å²) in [6, 6.07) is 3.63. The van der Waals surface area contributed by atoms with Crippen LogP contribution >= 0.6 is 0 Å². The molecule has 0 radical (unpaired) electrons. The molecule has 0 unspecified atom stereocenters. The molecule has 0 aliphatic heterocycles. The second-order valence-electron chi connectivity index (χ2n) is 3.34. The predicted octanol–water partition coefficient (Wildman–Crippen LogP) is 1.51. The van der Waals surface area contributed by atoms with E-state index in [1.807, 2.05) is 19.9 Å². The van der Waals surface area contributed by atoms with E-state index in [-0.39, 0.29) is 6.61 Å². The van der Waals surface area contributed by atoms with Crippen molar-refractivity contribution in [3.05, 3.63) is 28.8 Å². The van der Waals surface area contributed by atoms with Gasteiger partial charge < -0.3 is 15.2 Å². The number of aliphatic hydroxyl groups is 1. The van der Waals surface area contributed by atoms with Gasteiger partial charge in [-0.1, -0.05) is 6.07 Å². The van der Waals surface area contributed by atoms with Gasteiger partial charge in [0.1, 0.15) is 5.75 Å². The third-order valence-electron chi connectivity index (χ3n) is 2.19. The van der Waals surface area contributed by atoms with Gasteiger partial charge in [0.25, 0.3) is 0 Å². The minimum Gasteiger partial charge on any atom is -0.410 e. The van der Waals surface area contributed by atoms with Gasteiger partial charge in [0.15, 0.2) is 0 Å². The summed E-state index contributed by atoms with van der Waals surface area (Å²) in [7, 11) is 1.50. The lowest BCUT2D eigenvalue weighted by atomic mass is 10.1. The molecule has 0 heterocycles. The van der Waals surface area contributed by atoms with Crippen molar-refractivity contribution in [3.8, 4) is 5.75 Å². The maximum atomic E-state index is 11.0. The molecule has 0 saturated heterocycles. The Hall–Kier alpha value is -1.55. The summed E-state index contributed by atoms with van der Waals surface area (Å²) in [5, 5.41) is 11.5. The van der Waals surface area contributed by atoms with Crippen LogP contribution in [-0.2, 0) is 6.61 Å². The van der Waals surface area contributed by atoms with Crippen molar-refractivity contribution < 1.29 is 14.6 Å². The zero-order chi connectivity index (χ0) is 11.4. The normalized spacial score (nSPS) is 9.87. The summed E-state index contributed by atoms with van der Waals surface area (Å²) in [6.07, 6.45) is -0.507. The fraction of sp³-hybridized carbons (Fsp3) is 0.364. The molecule has 4 heteroatoms. The molecule has 0 atom stereocenters. The second kappa shape index (κ2) is 4.79. The highest BCUT2D eigenvalue weighted by atomic mass is 16.6. The van der Waals surface area contributed by atoms with Gasteiger partial charge in [-0.05, 0) is 36.6 Å². The van der Waals surface area contributed by atoms with E-state index in [1.54, 1.807) is 6.07 Å². The number of carbonyl (C=O) groups excluding carboxylic acids is 1. The Morgan fingerprint density at radius 2 is 2.13 bits per heavy atom. The number of aliphatic hydroxyl groups excluding tert-OH is 1. The average molecular weight is 209 g/mol. The fourth-order valence-electron chi connectivity index (χ4n) is 1.32. The van der Waals surface area contributed by atoms with Crippen molar-refractivity contribution in [1.82, 2.24) is 5.32 Å². The zero-order valence-electron chi connectivity index (χ0n) is 9.13. The van der Waals surface area contributed by atoms with E-state index in [1.165, 1.54) is 7.05 Å². The van der Waals surface area contributed by atoms with Crippen LogP contribution in [-0.4, -0.2) is 18.2 Å². The fourth-order valence-corrected chi connectivity index (χ4v) is 1.32. The smallest absolute Gasteiger partial charge is 0.410 e. The largest absolute Gasteiger partial charge is 0.412 e. The number of nitrogens with one attached hydrogen (secondary N) is 1. The van der Waals surface area contributed by atoms with E-state index in [4.69, 9.17) is 9.84 Å². The van der Waals surface area contributed by atoms with Crippen LogP contribution in [0.2, 0.25) is 0 Å². The number of carbonyl (C=O) groups is 1. The van der Waals surface area contributed by atoms with Crippen molar-refractivity contribution in [2.24, 2.45) is 0 Å². The Bertz CT molecular complexity index is 374. The minimum atomic E-state index is -0.507. The monoisotopic (exact) mass is 209 g/mol. The maximum absolute atomic E-state index is 11.0. The lowest BCUT2D eigenvalue weighted by Gasteiger charge is -2.11. The number of benzene rings is 1. The van der Waals surface area contributed by atoms with E-state index in [0.29, 0.717) is 5.75 Å². The Kier molecular flexibility index (Phi) is 3.68.